The van der Waals surface area contributed by atoms with E-state index in [9.17, 15) is 13.2 Å². The molecule has 0 saturated carbocycles. The van der Waals surface area contributed by atoms with E-state index in [2.05, 4.69) is 10.0 Å². The van der Waals surface area contributed by atoms with Gasteiger partial charge in [0.05, 0.1) is 25.6 Å². The fourth-order valence-corrected chi connectivity index (χ4v) is 6.62. The second kappa shape index (κ2) is 13.6. The van der Waals surface area contributed by atoms with Crippen molar-refractivity contribution in [3.63, 3.8) is 0 Å². The van der Waals surface area contributed by atoms with E-state index in [1.165, 1.54) is 0 Å². The summed E-state index contributed by atoms with van der Waals surface area (Å²) in [6.45, 7) is 6.78. The summed E-state index contributed by atoms with van der Waals surface area (Å²) in [4.78, 5) is 15.5. The van der Waals surface area contributed by atoms with Crippen LogP contribution in [-0.4, -0.2) is 77.4 Å². The molecule has 2 fully saturated rings. The molecule has 2 aromatic rings. The van der Waals surface area contributed by atoms with Crippen LogP contribution in [0.15, 0.2) is 48.5 Å². The average Bonchev–Trinajstić information content (AvgIpc) is 3.59. The van der Waals surface area contributed by atoms with Gasteiger partial charge in [-0.25, -0.2) is 13.1 Å². The lowest BCUT2D eigenvalue weighted by molar-refractivity contribution is 0.0670. The Kier molecular flexibility index (Phi) is 10.2. The van der Waals surface area contributed by atoms with E-state index in [-0.39, 0.29) is 35.8 Å². The molecule has 0 aliphatic carbocycles. The number of ether oxygens (including phenoxy) is 3. The Labute approximate surface area is 232 Å². The van der Waals surface area contributed by atoms with Crippen molar-refractivity contribution in [1.82, 2.24) is 14.9 Å². The number of rotatable bonds is 13. The fourth-order valence-electron chi connectivity index (χ4n) is 5.17. The summed E-state index contributed by atoms with van der Waals surface area (Å²) in [6, 6.07) is 14.0. The van der Waals surface area contributed by atoms with Crippen LogP contribution in [-0.2, 0) is 20.5 Å². The van der Waals surface area contributed by atoms with Gasteiger partial charge in [-0.05, 0) is 50.5 Å². The maximum Gasteiger partial charge on any atom is 0.254 e. The van der Waals surface area contributed by atoms with Crippen LogP contribution in [0.3, 0.4) is 0 Å². The summed E-state index contributed by atoms with van der Waals surface area (Å²) in [5.74, 6) is 0.824. The Bertz CT molecular complexity index is 1180. The summed E-state index contributed by atoms with van der Waals surface area (Å²) in [7, 11) is -1.96. The lowest BCUT2D eigenvalue weighted by atomic mass is 10.0. The lowest BCUT2D eigenvalue weighted by Gasteiger charge is -2.32. The number of hydrogen-bond donors (Lipinski definition) is 2. The monoisotopic (exact) mass is 559 g/mol. The third-order valence-corrected chi connectivity index (χ3v) is 8.69. The molecule has 2 heterocycles. The molecule has 2 aliphatic heterocycles. The Balaban J connectivity index is 1.42. The predicted octanol–water partition coefficient (Wildman–Crippen LogP) is 3.20. The first-order chi connectivity index (χ1) is 18.8. The van der Waals surface area contributed by atoms with Gasteiger partial charge < -0.3 is 24.4 Å². The van der Waals surface area contributed by atoms with Crippen LogP contribution in [0.1, 0.15) is 49.0 Å². The van der Waals surface area contributed by atoms with Gasteiger partial charge >= 0.3 is 0 Å². The summed E-state index contributed by atoms with van der Waals surface area (Å²) < 4.78 is 45.8. The number of benzene rings is 2. The second-order valence-corrected chi connectivity index (χ2v) is 12.3. The second-order valence-electron chi connectivity index (χ2n) is 10.6. The van der Waals surface area contributed by atoms with Gasteiger partial charge in [-0.15, -0.1) is 0 Å². The quantitative estimate of drug-likeness (QED) is 0.388. The third-order valence-electron chi connectivity index (χ3n) is 7.32. The van der Waals surface area contributed by atoms with E-state index in [0.717, 1.165) is 31.4 Å². The first kappa shape index (κ1) is 29.3. The maximum absolute atomic E-state index is 13.7. The van der Waals surface area contributed by atoms with Gasteiger partial charge in [-0.3, -0.25) is 4.79 Å². The molecule has 2 aromatic carbocycles. The smallest absolute Gasteiger partial charge is 0.254 e. The highest BCUT2D eigenvalue weighted by Crippen LogP contribution is 2.30. The molecule has 0 radical (unpaired) electrons. The largest absolute Gasteiger partial charge is 0.493 e. The lowest BCUT2D eigenvalue weighted by Crippen LogP contribution is -2.47. The zero-order valence-electron chi connectivity index (χ0n) is 23.1. The summed E-state index contributed by atoms with van der Waals surface area (Å²) >= 11 is 0. The topological polar surface area (TPSA) is 106 Å². The molecule has 10 heteroatoms. The van der Waals surface area contributed by atoms with Crippen LogP contribution in [0.2, 0.25) is 0 Å². The molecule has 2 N–H and O–H groups in total. The van der Waals surface area contributed by atoms with Crippen molar-refractivity contribution in [1.29, 1.82) is 0 Å². The van der Waals surface area contributed by atoms with Crippen LogP contribution in [0.5, 0.6) is 11.5 Å². The van der Waals surface area contributed by atoms with Crippen molar-refractivity contribution in [3.05, 3.63) is 59.7 Å². The molecule has 0 aromatic heterocycles. The van der Waals surface area contributed by atoms with Gasteiger partial charge in [0.1, 0.15) is 0 Å². The summed E-state index contributed by atoms with van der Waals surface area (Å²) in [6.07, 6.45) is 3.13. The van der Waals surface area contributed by atoms with Gasteiger partial charge in [-0.2, -0.15) is 0 Å². The Morgan fingerprint density at radius 1 is 1.15 bits per heavy atom. The minimum atomic E-state index is -3.54. The van der Waals surface area contributed by atoms with Crippen LogP contribution >= 0.6 is 0 Å². The third kappa shape index (κ3) is 8.17. The van der Waals surface area contributed by atoms with Crippen LogP contribution < -0.4 is 19.5 Å². The normalized spacial score (nSPS) is 21.3. The van der Waals surface area contributed by atoms with Crippen molar-refractivity contribution < 1.29 is 27.4 Å². The Hall–Kier alpha value is -2.66. The molecule has 3 atom stereocenters. The highest BCUT2D eigenvalue weighted by molar-refractivity contribution is 7.88. The van der Waals surface area contributed by atoms with Crippen LogP contribution in [0, 0.1) is 5.92 Å². The SMILES string of the molecule is COc1ccc(C(=O)N(CC2CNCC2NS(=O)(=O)Cc2ccccc2)C(C)C)cc1OCCC1CCCO1. The highest BCUT2D eigenvalue weighted by Gasteiger charge is 2.34. The van der Waals surface area contributed by atoms with Crippen LogP contribution in [0.4, 0.5) is 0 Å². The molecule has 214 valence electrons. The summed E-state index contributed by atoms with van der Waals surface area (Å²) in [5, 5.41) is 3.29. The van der Waals surface area contributed by atoms with E-state index < -0.39 is 10.0 Å². The fraction of sp³-hybridized carbons (Fsp3) is 0.552. The number of carbonyl (C=O) groups excluding carboxylic acids is 1. The first-order valence-corrected chi connectivity index (χ1v) is 15.4. The van der Waals surface area contributed by atoms with E-state index in [0.29, 0.717) is 43.3 Å². The predicted molar refractivity (Wildman–Crippen MR) is 151 cm³/mol. The molecule has 4 rings (SSSR count). The van der Waals surface area contributed by atoms with Gasteiger partial charge in [0.15, 0.2) is 11.5 Å². The van der Waals surface area contributed by atoms with Crippen molar-refractivity contribution in [2.24, 2.45) is 5.92 Å². The molecule has 2 aliphatic rings. The molecule has 0 bridgehead atoms. The molecule has 39 heavy (non-hydrogen) atoms. The van der Waals surface area contributed by atoms with Crippen molar-refractivity contribution in [2.45, 2.75) is 57.1 Å². The number of methoxy groups -OCH3 is 1. The molecular weight excluding hydrogens is 518 g/mol. The number of hydrogen-bond acceptors (Lipinski definition) is 7. The van der Waals surface area contributed by atoms with E-state index in [4.69, 9.17) is 14.2 Å². The van der Waals surface area contributed by atoms with E-state index >= 15 is 0 Å². The standard InChI is InChI=1S/C29H41N3O6S/c1-21(2)32(19-24-17-30-18-26(24)31-39(34,35)20-22-8-5-4-6-9-22)29(33)23-11-12-27(36-3)28(16-23)38-15-13-25-10-7-14-37-25/h4-6,8-9,11-12,16,21,24-26,30-31H,7,10,13-15,17-20H2,1-3H3. The van der Waals surface area contributed by atoms with Crippen molar-refractivity contribution >= 4 is 15.9 Å². The minimum Gasteiger partial charge on any atom is -0.493 e. The van der Waals surface area contributed by atoms with E-state index in [1.54, 1.807) is 42.3 Å². The van der Waals surface area contributed by atoms with Crippen LogP contribution in [0.25, 0.3) is 0 Å². The molecule has 2 saturated heterocycles. The zero-order chi connectivity index (χ0) is 27.8. The van der Waals surface area contributed by atoms with Gasteiger partial charge in [0, 0.05) is 56.2 Å². The maximum atomic E-state index is 13.7. The molecule has 0 spiro atoms. The number of sulfonamides is 1. The number of nitrogens with one attached hydrogen (secondary N) is 2. The number of carbonyl (C=O) groups is 1. The average molecular weight is 560 g/mol. The number of nitrogens with zero attached hydrogens (tertiary/aromatic N) is 1. The van der Waals surface area contributed by atoms with Gasteiger partial charge in [0.25, 0.3) is 5.91 Å². The van der Waals surface area contributed by atoms with Gasteiger partial charge in [0.2, 0.25) is 10.0 Å². The zero-order valence-corrected chi connectivity index (χ0v) is 23.9. The van der Waals surface area contributed by atoms with E-state index in [1.807, 2.05) is 32.0 Å². The molecule has 1 amide bonds. The molecule has 9 nitrogen and oxygen atoms in total. The van der Waals surface area contributed by atoms with Gasteiger partial charge in [-0.1, -0.05) is 30.3 Å². The summed E-state index contributed by atoms with van der Waals surface area (Å²) in [5.41, 5.74) is 1.24. The minimum absolute atomic E-state index is 0.0673. The van der Waals surface area contributed by atoms with Crippen molar-refractivity contribution in [2.75, 3.05) is 40.0 Å². The molecular formula is C29H41N3O6S. The highest BCUT2D eigenvalue weighted by atomic mass is 32.2. The Morgan fingerprint density at radius 2 is 1.95 bits per heavy atom. The first-order valence-electron chi connectivity index (χ1n) is 13.7. The van der Waals surface area contributed by atoms with Crippen molar-refractivity contribution in [3.8, 4) is 11.5 Å². The number of amides is 1. The molecule has 3 unspecified atom stereocenters. The Morgan fingerprint density at radius 3 is 2.64 bits per heavy atom.